The molecule has 18 heavy (non-hydrogen) atoms. The molecule has 6 heteroatoms. The van der Waals surface area contributed by atoms with E-state index in [0.717, 1.165) is 0 Å². The van der Waals surface area contributed by atoms with Gasteiger partial charge in [-0.1, -0.05) is 11.6 Å². The number of rotatable bonds is 4. The minimum atomic E-state index is -0.370. The zero-order chi connectivity index (χ0) is 13.1. The fourth-order valence-corrected chi connectivity index (χ4v) is 2.70. The normalized spacial score (nSPS) is 10.4. The fourth-order valence-electron chi connectivity index (χ4n) is 1.27. The summed E-state index contributed by atoms with van der Waals surface area (Å²) in [6.07, 6.45) is 0. The van der Waals surface area contributed by atoms with Crippen molar-refractivity contribution in [2.75, 3.05) is 6.61 Å². The predicted octanol–water partition coefficient (Wildman–Crippen LogP) is 4.56. The van der Waals surface area contributed by atoms with E-state index in [9.17, 15) is 9.18 Å². The maximum Gasteiger partial charge on any atom is 0.210 e. The molecule has 1 heterocycles. The number of hydrogen-bond acceptors (Lipinski definition) is 3. The van der Waals surface area contributed by atoms with Crippen LogP contribution in [0.3, 0.4) is 0 Å². The summed E-state index contributed by atoms with van der Waals surface area (Å²) in [5, 5.41) is 0. The van der Waals surface area contributed by atoms with Crippen molar-refractivity contribution >= 4 is 44.7 Å². The van der Waals surface area contributed by atoms with Crippen LogP contribution in [0, 0.1) is 5.82 Å². The molecular weight excluding hydrogens is 343 g/mol. The first kappa shape index (κ1) is 13.5. The van der Waals surface area contributed by atoms with Crippen molar-refractivity contribution in [2.45, 2.75) is 0 Å². The third-order valence-electron chi connectivity index (χ3n) is 2.10. The maximum atomic E-state index is 12.8. The lowest BCUT2D eigenvalue weighted by atomic mass is 10.3. The van der Waals surface area contributed by atoms with Crippen molar-refractivity contribution in [1.29, 1.82) is 0 Å². The first-order valence-corrected chi connectivity index (χ1v) is 6.91. The Labute approximate surface area is 120 Å². The molecule has 0 aliphatic heterocycles. The number of thiophene rings is 1. The molecule has 0 radical (unpaired) electrons. The van der Waals surface area contributed by atoms with Crippen LogP contribution < -0.4 is 4.74 Å². The molecule has 0 atom stereocenters. The molecule has 0 spiro atoms. The van der Waals surface area contributed by atoms with Crippen LogP contribution in [-0.4, -0.2) is 12.4 Å². The molecule has 0 N–H and O–H groups in total. The Morgan fingerprint density at radius 2 is 2.17 bits per heavy atom. The second kappa shape index (κ2) is 5.82. The van der Waals surface area contributed by atoms with Crippen molar-refractivity contribution in [2.24, 2.45) is 0 Å². The van der Waals surface area contributed by atoms with Crippen LogP contribution in [0.5, 0.6) is 5.75 Å². The second-order valence-corrected chi connectivity index (χ2v) is 5.96. The minimum Gasteiger partial charge on any atom is -0.484 e. The Morgan fingerprint density at radius 3 is 2.78 bits per heavy atom. The van der Waals surface area contributed by atoms with Crippen LogP contribution >= 0.6 is 38.9 Å². The van der Waals surface area contributed by atoms with Crippen LogP contribution in [0.4, 0.5) is 4.39 Å². The van der Waals surface area contributed by atoms with Gasteiger partial charge < -0.3 is 4.74 Å². The predicted molar refractivity (Wildman–Crippen MR) is 73.3 cm³/mol. The first-order valence-electron chi connectivity index (χ1n) is 4.92. The molecule has 2 aromatic rings. The van der Waals surface area contributed by atoms with Crippen LogP contribution in [0.15, 0.2) is 34.8 Å². The summed E-state index contributed by atoms with van der Waals surface area (Å²) in [7, 11) is 0. The van der Waals surface area contributed by atoms with Gasteiger partial charge in [-0.05, 0) is 46.3 Å². The van der Waals surface area contributed by atoms with E-state index in [1.54, 1.807) is 12.1 Å². The number of Topliss-reactive ketones (excluding diaryl/α,β-unsaturated/α-hetero) is 1. The van der Waals surface area contributed by atoms with Crippen LogP contribution in [-0.2, 0) is 0 Å². The van der Waals surface area contributed by atoms with E-state index < -0.39 is 0 Å². The number of carbonyl (C=O) groups is 1. The van der Waals surface area contributed by atoms with Gasteiger partial charge in [-0.15, -0.1) is 11.3 Å². The highest BCUT2D eigenvalue weighted by molar-refractivity contribution is 9.10. The van der Waals surface area contributed by atoms with Crippen LogP contribution in [0.2, 0.25) is 4.34 Å². The summed E-state index contributed by atoms with van der Waals surface area (Å²) in [6.45, 7) is -0.110. The molecule has 1 aromatic carbocycles. The van der Waals surface area contributed by atoms with Crippen molar-refractivity contribution in [1.82, 2.24) is 0 Å². The number of carbonyl (C=O) groups excluding carboxylic acids is 1. The third-order valence-corrected chi connectivity index (χ3v) is 3.99. The molecule has 0 amide bonds. The van der Waals surface area contributed by atoms with E-state index in [1.807, 2.05) is 0 Å². The molecule has 0 aliphatic carbocycles. The average Bonchev–Trinajstić information content (AvgIpc) is 2.74. The molecule has 0 saturated carbocycles. The molecule has 0 bridgehead atoms. The topological polar surface area (TPSA) is 26.3 Å². The summed E-state index contributed by atoms with van der Waals surface area (Å²) in [5.74, 6) is -0.110. The van der Waals surface area contributed by atoms with E-state index in [2.05, 4.69) is 15.9 Å². The quantitative estimate of drug-likeness (QED) is 0.756. The van der Waals surface area contributed by atoms with Gasteiger partial charge in [0.2, 0.25) is 5.78 Å². The lowest BCUT2D eigenvalue weighted by molar-refractivity contribution is 0.0925. The lowest BCUT2D eigenvalue weighted by Gasteiger charge is -2.06. The monoisotopic (exact) mass is 348 g/mol. The number of halogens is 3. The summed E-state index contributed by atoms with van der Waals surface area (Å²) in [5.41, 5.74) is 0. The van der Waals surface area contributed by atoms with Gasteiger partial charge in [-0.2, -0.15) is 0 Å². The van der Waals surface area contributed by atoms with Gasteiger partial charge in [0, 0.05) is 0 Å². The molecule has 94 valence electrons. The lowest BCUT2D eigenvalue weighted by Crippen LogP contribution is -2.10. The van der Waals surface area contributed by atoms with Gasteiger partial charge in [-0.25, -0.2) is 4.39 Å². The zero-order valence-electron chi connectivity index (χ0n) is 8.95. The number of benzene rings is 1. The van der Waals surface area contributed by atoms with Gasteiger partial charge in [-0.3, -0.25) is 4.79 Å². The SMILES string of the molecule is O=C(COc1ccc(F)cc1Br)c1ccc(Cl)s1. The second-order valence-electron chi connectivity index (χ2n) is 3.39. The molecule has 2 rings (SSSR count). The number of ketones is 1. The largest absolute Gasteiger partial charge is 0.484 e. The molecule has 0 fully saturated rings. The summed E-state index contributed by atoms with van der Waals surface area (Å²) < 4.78 is 19.2. The van der Waals surface area contributed by atoms with Crippen molar-refractivity contribution in [3.8, 4) is 5.75 Å². The molecule has 0 unspecified atom stereocenters. The maximum absolute atomic E-state index is 12.8. The van der Waals surface area contributed by atoms with E-state index >= 15 is 0 Å². The summed E-state index contributed by atoms with van der Waals surface area (Å²) >= 11 is 10.1. The highest BCUT2D eigenvalue weighted by Crippen LogP contribution is 2.26. The highest BCUT2D eigenvalue weighted by Gasteiger charge is 2.11. The van der Waals surface area contributed by atoms with Gasteiger partial charge in [0.05, 0.1) is 13.7 Å². The Bertz CT molecular complexity index is 585. The van der Waals surface area contributed by atoms with Crippen molar-refractivity contribution in [3.63, 3.8) is 0 Å². The first-order chi connectivity index (χ1) is 8.56. The average molecular weight is 350 g/mol. The van der Waals surface area contributed by atoms with Gasteiger partial charge in [0.25, 0.3) is 0 Å². The Balaban J connectivity index is 2.01. The summed E-state index contributed by atoms with van der Waals surface area (Å²) in [4.78, 5) is 12.3. The van der Waals surface area contributed by atoms with Gasteiger partial charge in [0.15, 0.2) is 6.61 Å². The van der Waals surface area contributed by atoms with Crippen LogP contribution in [0.25, 0.3) is 0 Å². The Kier molecular flexibility index (Phi) is 4.37. The zero-order valence-corrected chi connectivity index (χ0v) is 12.1. The molecule has 1 aromatic heterocycles. The standard InChI is InChI=1S/C12H7BrClFO2S/c13-8-5-7(15)1-2-10(8)17-6-9(16)11-3-4-12(14)18-11/h1-5H,6H2. The van der Waals surface area contributed by atoms with Gasteiger partial charge >= 0.3 is 0 Å². The van der Waals surface area contributed by atoms with E-state index in [1.165, 1.54) is 29.5 Å². The highest BCUT2D eigenvalue weighted by atomic mass is 79.9. The van der Waals surface area contributed by atoms with E-state index in [0.29, 0.717) is 19.4 Å². The van der Waals surface area contributed by atoms with E-state index in [4.69, 9.17) is 16.3 Å². The smallest absolute Gasteiger partial charge is 0.210 e. The fraction of sp³-hybridized carbons (Fsp3) is 0.0833. The van der Waals surface area contributed by atoms with Crippen molar-refractivity contribution < 1.29 is 13.9 Å². The minimum absolute atomic E-state index is 0.110. The molecule has 0 saturated heterocycles. The summed E-state index contributed by atoms with van der Waals surface area (Å²) in [6, 6.07) is 7.33. The molecule has 0 aliphatic rings. The molecule has 2 nitrogen and oxygen atoms in total. The Hall–Kier alpha value is -0.910. The van der Waals surface area contributed by atoms with Crippen LogP contribution in [0.1, 0.15) is 9.67 Å². The third kappa shape index (κ3) is 3.31. The molecular formula is C12H7BrClFO2S. The Morgan fingerprint density at radius 1 is 1.39 bits per heavy atom. The number of hydrogen-bond donors (Lipinski definition) is 0. The number of ether oxygens (including phenoxy) is 1. The van der Waals surface area contributed by atoms with Gasteiger partial charge in [0.1, 0.15) is 11.6 Å². The van der Waals surface area contributed by atoms with E-state index in [-0.39, 0.29) is 18.2 Å². The van der Waals surface area contributed by atoms with Crippen molar-refractivity contribution in [3.05, 3.63) is 49.8 Å².